The van der Waals surface area contributed by atoms with Crippen LogP contribution in [0.1, 0.15) is 43.2 Å². The highest BCUT2D eigenvalue weighted by Crippen LogP contribution is 2.32. The number of hydrogen-bond donors (Lipinski definition) is 1. The molecule has 4 rings (SSSR count). The highest BCUT2D eigenvalue weighted by molar-refractivity contribution is 5.73. The monoisotopic (exact) mass is 384 g/mol. The van der Waals surface area contributed by atoms with Crippen LogP contribution in [0.5, 0.6) is 0 Å². The van der Waals surface area contributed by atoms with E-state index in [0.717, 1.165) is 31.8 Å². The third-order valence-corrected chi connectivity index (χ3v) is 6.93. The largest absolute Gasteiger partial charge is 0.369 e. The van der Waals surface area contributed by atoms with Crippen LogP contribution in [0.25, 0.3) is 0 Å². The van der Waals surface area contributed by atoms with Gasteiger partial charge < -0.3 is 15.1 Å². The molecule has 0 bridgehead atoms. The lowest BCUT2D eigenvalue weighted by molar-refractivity contribution is 0.174. The smallest absolute Gasteiger partial charge is 0.317 e. The second-order valence-electron chi connectivity index (χ2n) is 9.12. The molecule has 5 heteroatoms. The number of aryl methyl sites for hydroxylation is 1. The summed E-state index contributed by atoms with van der Waals surface area (Å²) in [6.07, 6.45) is 8.58. The molecule has 0 radical (unpaired) electrons. The van der Waals surface area contributed by atoms with Gasteiger partial charge in [-0.15, -0.1) is 0 Å². The Labute approximate surface area is 170 Å². The molecule has 1 aromatic carbocycles. The Kier molecular flexibility index (Phi) is 6.10. The summed E-state index contributed by atoms with van der Waals surface area (Å²) >= 11 is 0. The average Bonchev–Trinajstić information content (AvgIpc) is 3.19. The minimum Gasteiger partial charge on any atom is -0.369 e. The van der Waals surface area contributed by atoms with Gasteiger partial charge in [-0.3, -0.25) is 4.90 Å². The van der Waals surface area contributed by atoms with E-state index >= 15 is 0 Å². The number of nitrogens with zero attached hydrogens (tertiary/aromatic N) is 3. The van der Waals surface area contributed by atoms with Crippen LogP contribution in [-0.2, 0) is 12.8 Å². The third-order valence-electron chi connectivity index (χ3n) is 6.93. The molecule has 3 aliphatic rings. The van der Waals surface area contributed by atoms with Crippen LogP contribution < -0.4 is 10.2 Å². The Balaban J connectivity index is 1.22. The molecular formula is C23H36N4O. The predicted octanol–water partition coefficient (Wildman–Crippen LogP) is 3.13. The van der Waals surface area contributed by atoms with Crippen LogP contribution in [0.4, 0.5) is 10.5 Å². The molecule has 0 spiro atoms. The molecule has 0 unspecified atom stereocenters. The summed E-state index contributed by atoms with van der Waals surface area (Å²) in [5.74, 6) is 0.792. The highest BCUT2D eigenvalue weighted by atomic mass is 16.2. The summed E-state index contributed by atoms with van der Waals surface area (Å²) in [5.41, 5.74) is 4.71. The van der Waals surface area contributed by atoms with Gasteiger partial charge in [-0.1, -0.05) is 12.1 Å². The van der Waals surface area contributed by atoms with Gasteiger partial charge >= 0.3 is 6.03 Å². The lowest BCUT2D eigenvalue weighted by atomic mass is 9.85. The molecule has 154 valence electrons. The molecule has 1 aromatic rings. The molecule has 2 amide bonds. The van der Waals surface area contributed by atoms with E-state index < -0.39 is 0 Å². The van der Waals surface area contributed by atoms with Gasteiger partial charge in [0.1, 0.15) is 0 Å². The Morgan fingerprint density at radius 1 is 1.07 bits per heavy atom. The fraction of sp³-hybridized carbons (Fsp3) is 0.696. The van der Waals surface area contributed by atoms with Gasteiger partial charge in [0.2, 0.25) is 0 Å². The van der Waals surface area contributed by atoms with E-state index in [0.29, 0.717) is 6.04 Å². The molecule has 1 N–H and O–H groups in total. The molecule has 1 saturated carbocycles. The maximum atomic E-state index is 11.8. The molecule has 5 nitrogen and oxygen atoms in total. The van der Waals surface area contributed by atoms with Crippen LogP contribution in [0, 0.1) is 5.92 Å². The van der Waals surface area contributed by atoms with Gasteiger partial charge in [0, 0.05) is 58.5 Å². The number of benzene rings is 1. The minimum absolute atomic E-state index is 0.0481. The number of urea groups is 1. The predicted molar refractivity (Wildman–Crippen MR) is 115 cm³/mol. The van der Waals surface area contributed by atoms with Crippen LogP contribution >= 0.6 is 0 Å². The number of nitrogens with one attached hydrogen (secondary N) is 1. The lowest BCUT2D eigenvalue weighted by Gasteiger charge is -2.39. The lowest BCUT2D eigenvalue weighted by Crippen LogP contribution is -2.49. The van der Waals surface area contributed by atoms with Crippen LogP contribution in [-0.4, -0.2) is 68.7 Å². The van der Waals surface area contributed by atoms with E-state index in [-0.39, 0.29) is 6.03 Å². The number of rotatable bonds is 4. The van der Waals surface area contributed by atoms with Gasteiger partial charge in [-0.05, 0) is 68.1 Å². The van der Waals surface area contributed by atoms with Gasteiger partial charge in [-0.2, -0.15) is 0 Å². The topological polar surface area (TPSA) is 38.8 Å². The zero-order valence-corrected chi connectivity index (χ0v) is 17.6. The number of anilines is 1. The molecule has 0 aromatic heterocycles. The number of fused-ring (bicyclic) bond motifs is 1. The number of piperazine rings is 1. The van der Waals surface area contributed by atoms with Crippen molar-refractivity contribution in [1.29, 1.82) is 0 Å². The first-order valence-corrected chi connectivity index (χ1v) is 11.2. The van der Waals surface area contributed by atoms with Crippen molar-refractivity contribution >= 4 is 11.7 Å². The van der Waals surface area contributed by atoms with Crippen molar-refractivity contribution in [1.82, 2.24) is 15.1 Å². The molecule has 1 aliphatic heterocycles. The summed E-state index contributed by atoms with van der Waals surface area (Å²) < 4.78 is 0. The van der Waals surface area contributed by atoms with Gasteiger partial charge in [0.15, 0.2) is 0 Å². The van der Waals surface area contributed by atoms with E-state index in [4.69, 9.17) is 0 Å². The van der Waals surface area contributed by atoms with Crippen LogP contribution in [0.2, 0.25) is 0 Å². The van der Waals surface area contributed by atoms with Crippen molar-refractivity contribution in [3.8, 4) is 0 Å². The number of carbonyl (C=O) groups excluding carboxylic acids is 1. The maximum Gasteiger partial charge on any atom is 0.317 e. The van der Waals surface area contributed by atoms with Crippen molar-refractivity contribution in [2.45, 2.75) is 51.0 Å². The molecule has 28 heavy (non-hydrogen) atoms. The van der Waals surface area contributed by atoms with E-state index in [1.807, 2.05) is 14.1 Å². The van der Waals surface area contributed by atoms with Crippen LogP contribution in [0.3, 0.4) is 0 Å². The summed E-state index contributed by atoms with van der Waals surface area (Å²) in [6, 6.07) is 7.32. The molecular weight excluding hydrogens is 348 g/mol. The Hall–Kier alpha value is -1.75. The molecule has 0 atom stereocenters. The minimum atomic E-state index is 0.0481. The Bertz CT molecular complexity index is 673. The fourth-order valence-electron chi connectivity index (χ4n) is 5.23. The molecule has 2 aliphatic carbocycles. The first-order valence-electron chi connectivity index (χ1n) is 11.2. The quantitative estimate of drug-likeness (QED) is 0.867. The normalized spacial score (nSPS) is 25.4. The van der Waals surface area contributed by atoms with Crippen molar-refractivity contribution < 1.29 is 4.79 Å². The highest BCUT2D eigenvalue weighted by Gasteiger charge is 2.27. The first-order chi connectivity index (χ1) is 13.6. The average molecular weight is 385 g/mol. The van der Waals surface area contributed by atoms with Gasteiger partial charge in [0.25, 0.3) is 0 Å². The number of amides is 2. The SMILES string of the molecule is CN(C)C(=O)NC1CCC(CN2CCN(c3cccc4c3CCC4)CC2)CC1. The van der Waals surface area contributed by atoms with E-state index in [9.17, 15) is 4.79 Å². The van der Waals surface area contributed by atoms with E-state index in [2.05, 4.69) is 33.3 Å². The second-order valence-corrected chi connectivity index (χ2v) is 9.12. The second kappa shape index (κ2) is 8.73. The van der Waals surface area contributed by atoms with E-state index in [1.165, 1.54) is 57.4 Å². The van der Waals surface area contributed by atoms with Gasteiger partial charge in [0.05, 0.1) is 0 Å². The molecule has 2 fully saturated rings. The summed E-state index contributed by atoms with van der Waals surface area (Å²) in [5, 5.41) is 3.15. The zero-order valence-electron chi connectivity index (χ0n) is 17.6. The van der Waals surface area contributed by atoms with Crippen molar-refractivity contribution in [2.24, 2.45) is 5.92 Å². The fourth-order valence-corrected chi connectivity index (χ4v) is 5.23. The Morgan fingerprint density at radius 2 is 1.82 bits per heavy atom. The number of hydrogen-bond acceptors (Lipinski definition) is 3. The van der Waals surface area contributed by atoms with Crippen molar-refractivity contribution in [3.63, 3.8) is 0 Å². The standard InChI is InChI=1S/C23H36N4O/c1-25(2)23(28)24-20-11-9-18(10-12-20)17-26-13-15-27(16-14-26)22-8-4-6-19-5-3-7-21(19)22/h4,6,8,18,20H,3,5,7,9-17H2,1-2H3,(H,24,28). The zero-order chi connectivity index (χ0) is 19.5. The van der Waals surface area contributed by atoms with Crippen LogP contribution in [0.15, 0.2) is 18.2 Å². The Morgan fingerprint density at radius 3 is 2.54 bits per heavy atom. The van der Waals surface area contributed by atoms with Crippen molar-refractivity contribution in [2.75, 3.05) is 51.7 Å². The first kappa shape index (κ1) is 19.6. The summed E-state index contributed by atoms with van der Waals surface area (Å²) in [6.45, 7) is 5.91. The number of carbonyl (C=O) groups is 1. The van der Waals surface area contributed by atoms with Gasteiger partial charge in [-0.25, -0.2) is 4.79 Å². The summed E-state index contributed by atoms with van der Waals surface area (Å²) in [4.78, 5) is 18.8. The molecule has 1 heterocycles. The third kappa shape index (κ3) is 4.45. The summed E-state index contributed by atoms with van der Waals surface area (Å²) in [7, 11) is 3.62. The van der Waals surface area contributed by atoms with E-state index in [1.54, 1.807) is 16.0 Å². The van der Waals surface area contributed by atoms with Crippen molar-refractivity contribution in [3.05, 3.63) is 29.3 Å². The molecule has 1 saturated heterocycles. The maximum absolute atomic E-state index is 11.8.